The molecule has 4 aromatic rings. The first-order valence-corrected chi connectivity index (χ1v) is 12.1. The van der Waals surface area contributed by atoms with Gasteiger partial charge in [-0.25, -0.2) is 15.0 Å². The number of nitrogens with one attached hydrogen (secondary N) is 2. The van der Waals surface area contributed by atoms with Crippen LogP contribution < -0.4 is 15.0 Å². The SMILES string of the molecule is COc1ccncc1CN1C2CC1CN(c1ccc(-c3nc(C)cc(Nc4cc(C)[nH]n4)n3)cn1)C2. The zero-order chi connectivity index (χ0) is 24.6. The Morgan fingerprint density at radius 2 is 1.92 bits per heavy atom. The molecule has 2 unspecified atom stereocenters. The summed E-state index contributed by atoms with van der Waals surface area (Å²) in [4.78, 5) is 23.3. The average molecular weight is 484 g/mol. The van der Waals surface area contributed by atoms with E-state index in [0.29, 0.717) is 23.7 Å². The summed E-state index contributed by atoms with van der Waals surface area (Å²) in [6, 6.07) is 10.9. The molecule has 4 aromatic heterocycles. The van der Waals surface area contributed by atoms with E-state index in [1.807, 2.05) is 44.4 Å². The monoisotopic (exact) mass is 483 g/mol. The van der Waals surface area contributed by atoms with Crippen molar-refractivity contribution in [2.75, 3.05) is 30.4 Å². The molecule has 7 rings (SSSR count). The fraction of sp³-hybridized carbons (Fsp3) is 0.346. The summed E-state index contributed by atoms with van der Waals surface area (Å²) >= 11 is 0. The Morgan fingerprint density at radius 1 is 1.06 bits per heavy atom. The van der Waals surface area contributed by atoms with E-state index in [1.54, 1.807) is 13.3 Å². The number of anilines is 3. The van der Waals surface area contributed by atoms with Crippen LogP contribution in [0, 0.1) is 13.8 Å². The molecule has 2 N–H and O–H groups in total. The first-order chi connectivity index (χ1) is 17.6. The minimum absolute atomic E-state index is 0.509. The van der Waals surface area contributed by atoms with Crippen molar-refractivity contribution in [2.45, 2.75) is 38.9 Å². The van der Waals surface area contributed by atoms with Gasteiger partial charge in [-0.1, -0.05) is 0 Å². The molecule has 2 bridgehead atoms. The van der Waals surface area contributed by atoms with Gasteiger partial charge < -0.3 is 15.0 Å². The normalized spacial score (nSPS) is 19.1. The number of aromatic nitrogens is 6. The van der Waals surface area contributed by atoms with Crippen molar-refractivity contribution in [2.24, 2.45) is 0 Å². The van der Waals surface area contributed by atoms with E-state index in [2.05, 4.69) is 52.4 Å². The lowest BCUT2D eigenvalue weighted by Gasteiger charge is -2.56. The molecule has 3 saturated heterocycles. The Hall–Kier alpha value is -4.05. The van der Waals surface area contributed by atoms with Crippen LogP contribution in [-0.2, 0) is 6.54 Å². The van der Waals surface area contributed by atoms with E-state index in [9.17, 15) is 0 Å². The molecule has 0 saturated carbocycles. The summed E-state index contributed by atoms with van der Waals surface area (Å²) in [5.74, 6) is 3.96. The maximum atomic E-state index is 5.51. The van der Waals surface area contributed by atoms with Crippen LogP contribution in [0.1, 0.15) is 23.4 Å². The van der Waals surface area contributed by atoms with Crippen molar-refractivity contribution in [3.63, 3.8) is 0 Å². The number of aryl methyl sites for hydroxylation is 2. The quantitative estimate of drug-likeness (QED) is 0.408. The number of fused-ring (bicyclic) bond motifs is 2. The van der Waals surface area contributed by atoms with Crippen LogP contribution >= 0.6 is 0 Å². The highest BCUT2D eigenvalue weighted by molar-refractivity contribution is 5.61. The number of pyridine rings is 2. The molecule has 0 aliphatic carbocycles. The van der Waals surface area contributed by atoms with Crippen molar-refractivity contribution in [3.8, 4) is 17.1 Å². The number of ether oxygens (including phenoxy) is 1. The van der Waals surface area contributed by atoms with Crippen molar-refractivity contribution in [3.05, 3.63) is 65.9 Å². The number of piperidine rings is 1. The van der Waals surface area contributed by atoms with E-state index < -0.39 is 0 Å². The number of piperazine rings is 1. The largest absolute Gasteiger partial charge is 0.496 e. The summed E-state index contributed by atoms with van der Waals surface area (Å²) in [5.41, 5.74) is 3.88. The predicted molar refractivity (Wildman–Crippen MR) is 137 cm³/mol. The molecule has 3 fully saturated rings. The number of methoxy groups -OCH3 is 1. The standard InChI is InChI=1S/C26H29N9O/c1-16-8-23(30-24-9-17(2)32-33-24)31-26(29-16)18-4-5-25(28-12-18)34-14-20-10-21(15-34)35(20)13-19-11-27-7-6-22(19)36-3/h4-9,11-12,20-21H,10,13-15H2,1-3H3,(H2,29,30,31,32,33). The molecule has 36 heavy (non-hydrogen) atoms. The van der Waals surface area contributed by atoms with Gasteiger partial charge in [0.25, 0.3) is 0 Å². The van der Waals surface area contributed by atoms with Crippen LogP contribution in [0.25, 0.3) is 11.4 Å². The number of hydrogen-bond acceptors (Lipinski definition) is 9. The molecule has 0 aromatic carbocycles. The zero-order valence-electron chi connectivity index (χ0n) is 20.6. The molecular formula is C26H29N9O. The van der Waals surface area contributed by atoms with Gasteiger partial charge in [0.1, 0.15) is 17.4 Å². The fourth-order valence-corrected chi connectivity index (χ4v) is 5.14. The smallest absolute Gasteiger partial charge is 0.163 e. The summed E-state index contributed by atoms with van der Waals surface area (Å²) in [5, 5.41) is 10.4. The summed E-state index contributed by atoms with van der Waals surface area (Å²) in [7, 11) is 1.71. The third-order valence-corrected chi connectivity index (χ3v) is 6.92. The molecule has 0 spiro atoms. The maximum absolute atomic E-state index is 5.51. The van der Waals surface area contributed by atoms with Crippen molar-refractivity contribution in [1.29, 1.82) is 0 Å². The summed E-state index contributed by atoms with van der Waals surface area (Å²) in [6.45, 7) is 6.71. The number of hydrogen-bond donors (Lipinski definition) is 2. The van der Waals surface area contributed by atoms with E-state index in [-0.39, 0.29) is 0 Å². The molecule has 2 atom stereocenters. The first-order valence-electron chi connectivity index (χ1n) is 12.1. The molecule has 7 heterocycles. The Kier molecular flexibility index (Phi) is 5.73. The second-order valence-electron chi connectivity index (χ2n) is 9.49. The van der Waals surface area contributed by atoms with Gasteiger partial charge in [-0.3, -0.25) is 15.0 Å². The minimum Gasteiger partial charge on any atom is -0.496 e. The van der Waals surface area contributed by atoms with E-state index in [1.165, 1.54) is 6.42 Å². The minimum atomic E-state index is 0.509. The molecule has 10 nitrogen and oxygen atoms in total. The highest BCUT2D eigenvalue weighted by atomic mass is 16.5. The topological polar surface area (TPSA) is 108 Å². The molecule has 0 amide bonds. The van der Waals surface area contributed by atoms with Gasteiger partial charge >= 0.3 is 0 Å². The summed E-state index contributed by atoms with van der Waals surface area (Å²) < 4.78 is 5.51. The van der Waals surface area contributed by atoms with Crippen LogP contribution in [0.3, 0.4) is 0 Å². The molecule has 3 aliphatic heterocycles. The van der Waals surface area contributed by atoms with Gasteiger partial charge in [-0.15, -0.1) is 0 Å². The molecule has 3 aliphatic rings. The van der Waals surface area contributed by atoms with Crippen molar-refractivity contribution in [1.82, 2.24) is 35.0 Å². The fourth-order valence-electron chi connectivity index (χ4n) is 5.14. The van der Waals surface area contributed by atoms with E-state index in [0.717, 1.165) is 59.5 Å². The Balaban J connectivity index is 1.13. The van der Waals surface area contributed by atoms with E-state index in [4.69, 9.17) is 9.72 Å². The number of nitrogens with zero attached hydrogens (tertiary/aromatic N) is 7. The van der Waals surface area contributed by atoms with Gasteiger partial charge in [0.2, 0.25) is 0 Å². The molecular weight excluding hydrogens is 454 g/mol. The van der Waals surface area contributed by atoms with Gasteiger partial charge in [-0.05, 0) is 38.5 Å². The van der Waals surface area contributed by atoms with Crippen LogP contribution in [-0.4, -0.2) is 67.3 Å². The van der Waals surface area contributed by atoms with Gasteiger partial charge in [0.15, 0.2) is 11.6 Å². The molecule has 184 valence electrons. The predicted octanol–water partition coefficient (Wildman–Crippen LogP) is 3.49. The Labute approximate surface area is 209 Å². The van der Waals surface area contributed by atoms with Crippen LogP contribution in [0.4, 0.5) is 17.5 Å². The van der Waals surface area contributed by atoms with Gasteiger partial charge in [-0.2, -0.15) is 5.10 Å². The lowest BCUT2D eigenvalue weighted by Crippen LogP contribution is -2.68. The molecule has 10 heteroatoms. The van der Waals surface area contributed by atoms with Crippen molar-refractivity contribution >= 4 is 17.5 Å². The van der Waals surface area contributed by atoms with Crippen LogP contribution in [0.5, 0.6) is 5.75 Å². The van der Waals surface area contributed by atoms with Crippen LogP contribution in [0.2, 0.25) is 0 Å². The number of aromatic amines is 1. The highest BCUT2D eigenvalue weighted by Gasteiger charge is 2.44. The Bertz CT molecular complexity index is 1360. The first kappa shape index (κ1) is 22.4. The molecule has 0 radical (unpaired) electrons. The third kappa shape index (κ3) is 4.35. The maximum Gasteiger partial charge on any atom is 0.163 e. The highest BCUT2D eigenvalue weighted by Crippen LogP contribution is 2.36. The lowest BCUT2D eigenvalue weighted by atomic mass is 9.87. The lowest BCUT2D eigenvalue weighted by molar-refractivity contribution is -0.00924. The Morgan fingerprint density at radius 3 is 2.64 bits per heavy atom. The summed E-state index contributed by atoms with van der Waals surface area (Å²) in [6.07, 6.45) is 6.77. The zero-order valence-corrected chi connectivity index (χ0v) is 20.6. The van der Waals surface area contributed by atoms with Crippen molar-refractivity contribution < 1.29 is 4.74 Å². The average Bonchev–Trinajstić information content (AvgIpc) is 3.31. The number of rotatable bonds is 7. The van der Waals surface area contributed by atoms with Crippen LogP contribution in [0.15, 0.2) is 48.9 Å². The number of H-pyrrole nitrogens is 1. The van der Waals surface area contributed by atoms with E-state index >= 15 is 0 Å². The second-order valence-corrected chi connectivity index (χ2v) is 9.49. The second kappa shape index (κ2) is 9.19. The third-order valence-electron chi connectivity index (χ3n) is 6.92. The van der Waals surface area contributed by atoms with Gasteiger partial charge in [0, 0.05) is 85.0 Å². The van der Waals surface area contributed by atoms with Gasteiger partial charge in [0.05, 0.1) is 7.11 Å².